The molecule has 0 saturated heterocycles. The van der Waals surface area contributed by atoms with Crippen LogP contribution in [0, 0.1) is 23.7 Å². The maximum atomic E-state index is 13.9. The summed E-state index contributed by atoms with van der Waals surface area (Å²) in [5.74, 6) is -4.18. The van der Waals surface area contributed by atoms with E-state index in [9.17, 15) is 39.0 Å². The summed E-state index contributed by atoms with van der Waals surface area (Å²) in [6.07, 6.45) is -0.515. The van der Waals surface area contributed by atoms with Crippen molar-refractivity contribution in [1.29, 1.82) is 0 Å². The van der Waals surface area contributed by atoms with E-state index in [2.05, 4.69) is 26.6 Å². The molecule has 0 aliphatic rings. The molecule has 0 aliphatic carbocycles. The van der Waals surface area contributed by atoms with Gasteiger partial charge in [0.25, 0.3) is 0 Å². The number of hydrogen-bond donors (Lipinski definition) is 7. The first kappa shape index (κ1) is 46.4. The topological polar surface area (TPSA) is 203 Å². The fourth-order valence-electron chi connectivity index (χ4n) is 6.11. The van der Waals surface area contributed by atoms with Crippen molar-refractivity contribution in [2.45, 2.75) is 130 Å². The van der Waals surface area contributed by atoms with Crippen LogP contribution in [0.25, 0.3) is 0 Å². The Morgan fingerprint density at radius 3 is 1.55 bits per heavy atom. The lowest BCUT2D eigenvalue weighted by Gasteiger charge is -2.30. The van der Waals surface area contributed by atoms with Crippen LogP contribution in [-0.4, -0.2) is 82.0 Å². The molecule has 55 heavy (non-hydrogen) atoms. The standard InChI is InChI=1S/C42H63N5O8/c1-25(2)21-32(44-36(50)22-26(3)4)39(51)46-37(27(5)6)41(53)45-31(23-29-15-11-9-12-16-29)34(48)19-20-35(49)43-33(24-30-17-13-10-14-18-30)40(52)47-38(28(7)8)42(54)55/h9-18,25-28,31-34,37-38,48H,19-24H2,1-8H3,(H,43,49)(H,44,50)(H,45,53)(H,46,51)(H,47,52)(H,54,55)/t31-,32-,33-,34-,37-,38-/m0/s1. The van der Waals surface area contributed by atoms with Gasteiger partial charge in [0.1, 0.15) is 24.2 Å². The minimum Gasteiger partial charge on any atom is -0.480 e. The number of aliphatic carboxylic acids is 1. The number of aliphatic hydroxyl groups excluding tert-OH is 1. The number of rotatable bonds is 23. The number of benzene rings is 2. The van der Waals surface area contributed by atoms with Crippen LogP contribution in [0.2, 0.25) is 0 Å². The van der Waals surface area contributed by atoms with E-state index < -0.39 is 71.8 Å². The van der Waals surface area contributed by atoms with E-state index in [0.29, 0.717) is 6.42 Å². The van der Waals surface area contributed by atoms with Crippen LogP contribution in [0.3, 0.4) is 0 Å². The Balaban J connectivity index is 2.24. The molecule has 2 rings (SSSR count). The van der Waals surface area contributed by atoms with E-state index in [1.165, 1.54) is 0 Å². The van der Waals surface area contributed by atoms with Gasteiger partial charge in [-0.2, -0.15) is 0 Å². The van der Waals surface area contributed by atoms with E-state index in [1.807, 2.05) is 64.1 Å². The van der Waals surface area contributed by atoms with Gasteiger partial charge in [0, 0.05) is 19.3 Å². The molecular formula is C42H63N5O8. The predicted molar refractivity (Wildman–Crippen MR) is 211 cm³/mol. The first-order valence-electron chi connectivity index (χ1n) is 19.4. The Hall–Kier alpha value is -4.78. The smallest absolute Gasteiger partial charge is 0.326 e. The van der Waals surface area contributed by atoms with Gasteiger partial charge in [-0.3, -0.25) is 24.0 Å². The number of amides is 5. The van der Waals surface area contributed by atoms with Crippen molar-refractivity contribution in [3.05, 3.63) is 71.8 Å². The average Bonchev–Trinajstić information content (AvgIpc) is 3.10. The minimum absolute atomic E-state index is 0.0793. The monoisotopic (exact) mass is 765 g/mol. The fraction of sp³-hybridized carbons (Fsp3) is 0.571. The van der Waals surface area contributed by atoms with Crippen LogP contribution in [0.5, 0.6) is 0 Å². The molecule has 0 fully saturated rings. The zero-order valence-electron chi connectivity index (χ0n) is 33.6. The highest BCUT2D eigenvalue weighted by Gasteiger charge is 2.33. The van der Waals surface area contributed by atoms with E-state index in [1.54, 1.807) is 52.0 Å². The zero-order valence-corrected chi connectivity index (χ0v) is 33.6. The van der Waals surface area contributed by atoms with Crippen molar-refractivity contribution in [2.24, 2.45) is 23.7 Å². The van der Waals surface area contributed by atoms with Gasteiger partial charge in [-0.25, -0.2) is 4.79 Å². The third-order valence-corrected chi connectivity index (χ3v) is 9.12. The Morgan fingerprint density at radius 1 is 0.564 bits per heavy atom. The van der Waals surface area contributed by atoms with Crippen LogP contribution in [-0.2, 0) is 41.6 Å². The van der Waals surface area contributed by atoms with Crippen molar-refractivity contribution in [2.75, 3.05) is 0 Å². The van der Waals surface area contributed by atoms with Crippen LogP contribution in [0.15, 0.2) is 60.7 Å². The molecule has 304 valence electrons. The third-order valence-electron chi connectivity index (χ3n) is 9.12. The summed E-state index contributed by atoms with van der Waals surface area (Å²) in [6, 6.07) is 13.3. The first-order valence-corrected chi connectivity index (χ1v) is 19.4. The van der Waals surface area contributed by atoms with E-state index >= 15 is 0 Å². The van der Waals surface area contributed by atoms with E-state index in [0.717, 1.165) is 11.1 Å². The molecule has 0 aliphatic heterocycles. The molecule has 0 aromatic heterocycles. The molecule has 0 unspecified atom stereocenters. The Kier molecular flexibility index (Phi) is 19.6. The second kappa shape index (κ2) is 23.2. The van der Waals surface area contributed by atoms with Gasteiger partial charge in [-0.05, 0) is 54.1 Å². The van der Waals surface area contributed by atoms with E-state index in [4.69, 9.17) is 0 Å². The summed E-state index contributed by atoms with van der Waals surface area (Å²) in [6.45, 7) is 14.6. The van der Waals surface area contributed by atoms with Gasteiger partial charge in [0.2, 0.25) is 29.5 Å². The molecule has 2 aromatic carbocycles. The highest BCUT2D eigenvalue weighted by molar-refractivity contribution is 5.93. The molecular weight excluding hydrogens is 702 g/mol. The third kappa shape index (κ3) is 17.1. The van der Waals surface area contributed by atoms with Gasteiger partial charge in [-0.1, -0.05) is 116 Å². The Bertz CT molecular complexity index is 1530. The Labute approximate surface area is 326 Å². The predicted octanol–water partition coefficient (Wildman–Crippen LogP) is 3.53. The van der Waals surface area contributed by atoms with Gasteiger partial charge in [0.05, 0.1) is 12.1 Å². The van der Waals surface area contributed by atoms with Crippen molar-refractivity contribution in [3.63, 3.8) is 0 Å². The Morgan fingerprint density at radius 2 is 1.05 bits per heavy atom. The molecule has 0 bridgehead atoms. The average molecular weight is 766 g/mol. The lowest BCUT2D eigenvalue weighted by atomic mass is 9.95. The molecule has 2 aromatic rings. The van der Waals surface area contributed by atoms with Crippen LogP contribution in [0.1, 0.15) is 92.2 Å². The molecule has 7 N–H and O–H groups in total. The van der Waals surface area contributed by atoms with E-state index in [-0.39, 0.29) is 55.8 Å². The van der Waals surface area contributed by atoms with Gasteiger partial charge >= 0.3 is 5.97 Å². The van der Waals surface area contributed by atoms with Gasteiger partial charge in [0.15, 0.2) is 0 Å². The highest BCUT2D eigenvalue weighted by Crippen LogP contribution is 2.14. The number of nitrogens with one attached hydrogen (secondary N) is 5. The quantitative estimate of drug-likeness (QED) is 0.0890. The summed E-state index contributed by atoms with van der Waals surface area (Å²) >= 11 is 0. The summed E-state index contributed by atoms with van der Waals surface area (Å²) in [5, 5.41) is 34.9. The lowest BCUT2D eigenvalue weighted by molar-refractivity contribution is -0.143. The number of hydrogen-bond acceptors (Lipinski definition) is 7. The number of carbonyl (C=O) groups excluding carboxylic acids is 5. The van der Waals surface area contributed by atoms with Crippen LogP contribution >= 0.6 is 0 Å². The number of aliphatic hydroxyl groups is 1. The SMILES string of the molecule is CC(C)CC(=O)N[C@@H](CC(C)C)C(=O)N[C@H](C(=O)N[C@@H](Cc1ccccc1)[C@@H](O)CCC(=O)N[C@@H](Cc1ccccc1)C(=O)N[C@H](C(=O)O)C(C)C)C(C)C. The number of carboxylic acids is 1. The molecule has 5 amide bonds. The second-order valence-corrected chi connectivity index (χ2v) is 15.9. The molecule has 0 heterocycles. The zero-order chi connectivity index (χ0) is 41.2. The van der Waals surface area contributed by atoms with Gasteiger partial charge in [-0.15, -0.1) is 0 Å². The fourth-order valence-corrected chi connectivity index (χ4v) is 6.11. The molecule has 13 nitrogen and oxygen atoms in total. The summed E-state index contributed by atoms with van der Waals surface area (Å²) in [4.78, 5) is 78.4. The molecule has 0 radical (unpaired) electrons. The summed E-state index contributed by atoms with van der Waals surface area (Å²) < 4.78 is 0. The van der Waals surface area contributed by atoms with Crippen molar-refractivity contribution in [3.8, 4) is 0 Å². The molecule has 0 spiro atoms. The minimum atomic E-state index is -1.21. The normalized spacial score (nSPS) is 14.7. The van der Waals surface area contributed by atoms with Crippen LogP contribution < -0.4 is 26.6 Å². The van der Waals surface area contributed by atoms with Gasteiger partial charge < -0.3 is 36.8 Å². The highest BCUT2D eigenvalue weighted by atomic mass is 16.4. The van der Waals surface area contributed by atoms with Crippen molar-refractivity contribution >= 4 is 35.5 Å². The summed E-state index contributed by atoms with van der Waals surface area (Å²) in [5.41, 5.74) is 1.58. The van der Waals surface area contributed by atoms with Crippen molar-refractivity contribution < 1.29 is 39.0 Å². The first-order chi connectivity index (χ1) is 25.9. The maximum absolute atomic E-state index is 13.9. The lowest BCUT2D eigenvalue weighted by Crippen LogP contribution is -2.58. The summed E-state index contributed by atoms with van der Waals surface area (Å²) in [7, 11) is 0. The largest absolute Gasteiger partial charge is 0.480 e. The van der Waals surface area contributed by atoms with Crippen molar-refractivity contribution in [1.82, 2.24) is 26.6 Å². The van der Waals surface area contributed by atoms with Crippen LogP contribution in [0.4, 0.5) is 0 Å². The molecule has 13 heteroatoms. The number of carbonyl (C=O) groups is 6. The maximum Gasteiger partial charge on any atom is 0.326 e. The second-order valence-electron chi connectivity index (χ2n) is 15.9. The number of carboxylic acid groups (broad SMARTS) is 1. The molecule has 6 atom stereocenters. The molecule has 0 saturated carbocycles.